The van der Waals surface area contributed by atoms with Crippen LogP contribution in [-0.4, -0.2) is 16.8 Å². The van der Waals surface area contributed by atoms with Crippen LogP contribution in [0.3, 0.4) is 0 Å². The molecule has 0 aliphatic carbocycles. The Bertz CT molecular complexity index is 382. The van der Waals surface area contributed by atoms with Crippen molar-refractivity contribution in [1.29, 1.82) is 10.5 Å². The van der Waals surface area contributed by atoms with Gasteiger partial charge in [0.1, 0.15) is 0 Å². The second-order valence-corrected chi connectivity index (χ2v) is 6.06. The molecule has 0 aliphatic rings. The van der Waals surface area contributed by atoms with Crippen LogP contribution in [-0.2, 0) is 0 Å². The summed E-state index contributed by atoms with van der Waals surface area (Å²) in [5, 5.41) is 26.8. The molecule has 4 nitrogen and oxygen atoms in total. The third-order valence-electron chi connectivity index (χ3n) is 3.31. The molecule has 2 unspecified atom stereocenters. The van der Waals surface area contributed by atoms with E-state index in [1.807, 2.05) is 0 Å². The van der Waals surface area contributed by atoms with Crippen LogP contribution in [0, 0.1) is 22.7 Å². The van der Waals surface area contributed by atoms with Crippen molar-refractivity contribution in [1.82, 2.24) is 0 Å². The zero-order chi connectivity index (χ0) is 15.5. The van der Waals surface area contributed by atoms with Crippen LogP contribution in [0.15, 0.2) is 10.2 Å². The van der Waals surface area contributed by atoms with Crippen molar-refractivity contribution in [3.63, 3.8) is 0 Å². The molecular formula is C15H26N4S. The van der Waals surface area contributed by atoms with E-state index in [0.29, 0.717) is 12.8 Å². The number of nitriles is 2. The van der Waals surface area contributed by atoms with Crippen LogP contribution in [0.25, 0.3) is 0 Å². The molecule has 0 aromatic carbocycles. The second kappa shape index (κ2) is 9.77. The Hall–Kier alpha value is -1.07. The maximum absolute atomic E-state index is 9.29. The van der Waals surface area contributed by atoms with Crippen molar-refractivity contribution < 1.29 is 0 Å². The van der Waals surface area contributed by atoms with Crippen molar-refractivity contribution in [2.75, 3.05) is 5.75 Å². The molecular weight excluding hydrogens is 268 g/mol. The highest BCUT2D eigenvalue weighted by Crippen LogP contribution is 2.24. The summed E-state index contributed by atoms with van der Waals surface area (Å²) < 4.78 is 0. The largest absolute Gasteiger partial charge is 0.196 e. The van der Waals surface area contributed by atoms with E-state index in [9.17, 15) is 10.5 Å². The Balaban J connectivity index is 4.62. The summed E-state index contributed by atoms with van der Waals surface area (Å²) in [6.07, 6.45) is 6.55. The zero-order valence-electron chi connectivity index (χ0n) is 12.9. The number of unbranched alkanes of at least 4 members (excludes halogenated alkanes) is 3. The first kappa shape index (κ1) is 18.9. The molecule has 112 valence electrons. The second-order valence-electron chi connectivity index (χ2n) is 5.61. The van der Waals surface area contributed by atoms with E-state index < -0.39 is 11.1 Å². The highest BCUT2D eigenvalue weighted by molar-refractivity contribution is 7.80. The molecule has 5 heteroatoms. The van der Waals surface area contributed by atoms with Gasteiger partial charge in [-0.05, 0) is 45.3 Å². The fourth-order valence-electron chi connectivity index (χ4n) is 1.80. The molecule has 0 saturated heterocycles. The standard InChI is InChI=1S/C15H26N4S/c1-4-5-6-7-9-14(2,12-16)18-19-15(3,13-17)10-8-11-20/h20H,4-11H2,1-3H3/b19-18+. The average molecular weight is 294 g/mol. The number of nitrogens with zero attached hydrogens (tertiary/aromatic N) is 4. The lowest BCUT2D eigenvalue weighted by atomic mass is 9.96. The van der Waals surface area contributed by atoms with Gasteiger partial charge in [0.05, 0.1) is 12.1 Å². The number of thiol groups is 1. The number of hydrogen-bond acceptors (Lipinski definition) is 5. The monoisotopic (exact) mass is 294 g/mol. The smallest absolute Gasteiger partial charge is 0.164 e. The van der Waals surface area contributed by atoms with Crippen LogP contribution in [0.1, 0.15) is 65.7 Å². The minimum atomic E-state index is -0.843. The Morgan fingerprint density at radius 3 is 1.80 bits per heavy atom. The van der Waals surface area contributed by atoms with E-state index in [-0.39, 0.29) is 0 Å². The summed E-state index contributed by atoms with van der Waals surface area (Å²) in [6, 6.07) is 4.41. The molecule has 20 heavy (non-hydrogen) atoms. The fourth-order valence-corrected chi connectivity index (χ4v) is 1.95. The Kier molecular flexibility index (Phi) is 9.25. The quantitative estimate of drug-likeness (QED) is 0.361. The average Bonchev–Trinajstić information content (AvgIpc) is 2.47. The molecule has 2 atom stereocenters. The van der Waals surface area contributed by atoms with Gasteiger partial charge in [0, 0.05) is 0 Å². The van der Waals surface area contributed by atoms with Gasteiger partial charge in [-0.2, -0.15) is 33.4 Å². The lowest BCUT2D eigenvalue weighted by molar-refractivity contribution is 0.435. The number of hydrogen-bond donors (Lipinski definition) is 1. The molecule has 0 heterocycles. The first-order valence-electron chi connectivity index (χ1n) is 7.32. The lowest BCUT2D eigenvalue weighted by Crippen LogP contribution is -2.23. The van der Waals surface area contributed by atoms with Crippen molar-refractivity contribution in [2.45, 2.75) is 76.8 Å². The summed E-state index contributed by atoms with van der Waals surface area (Å²) in [5.74, 6) is 0.722. The number of rotatable bonds is 10. The van der Waals surface area contributed by atoms with Crippen molar-refractivity contribution >= 4 is 12.6 Å². The summed E-state index contributed by atoms with van der Waals surface area (Å²) in [7, 11) is 0. The van der Waals surface area contributed by atoms with Crippen LogP contribution >= 0.6 is 12.6 Å². The van der Waals surface area contributed by atoms with Gasteiger partial charge in [-0.25, -0.2) is 0 Å². The molecule has 0 amide bonds. The zero-order valence-corrected chi connectivity index (χ0v) is 13.8. The molecule has 0 spiro atoms. The van der Waals surface area contributed by atoms with Crippen molar-refractivity contribution in [3.8, 4) is 12.1 Å². The van der Waals surface area contributed by atoms with Crippen LogP contribution in [0.4, 0.5) is 0 Å². The van der Waals surface area contributed by atoms with Crippen LogP contribution < -0.4 is 0 Å². The van der Waals surface area contributed by atoms with Gasteiger partial charge in [-0.1, -0.05) is 26.2 Å². The van der Waals surface area contributed by atoms with Gasteiger partial charge < -0.3 is 0 Å². The van der Waals surface area contributed by atoms with E-state index in [1.165, 1.54) is 12.8 Å². The minimum Gasteiger partial charge on any atom is -0.196 e. The first-order chi connectivity index (χ1) is 9.45. The predicted octanol–water partition coefficient (Wildman–Crippen LogP) is 4.68. The molecule has 0 aliphatic heterocycles. The van der Waals surface area contributed by atoms with E-state index >= 15 is 0 Å². The van der Waals surface area contributed by atoms with Crippen LogP contribution in [0.5, 0.6) is 0 Å². The SMILES string of the molecule is CCCCCCC(C)(C#N)/N=N/C(C)(C#N)CCCS. The van der Waals surface area contributed by atoms with Gasteiger partial charge in [0.2, 0.25) is 0 Å². The lowest BCUT2D eigenvalue weighted by Gasteiger charge is -2.19. The maximum Gasteiger partial charge on any atom is 0.164 e. The summed E-state index contributed by atoms with van der Waals surface area (Å²) in [5.41, 5.74) is -1.66. The topological polar surface area (TPSA) is 72.3 Å². The van der Waals surface area contributed by atoms with Gasteiger partial charge in [-0.15, -0.1) is 0 Å². The van der Waals surface area contributed by atoms with Gasteiger partial charge >= 0.3 is 0 Å². The van der Waals surface area contributed by atoms with Gasteiger partial charge in [-0.3, -0.25) is 0 Å². The summed E-state index contributed by atoms with van der Waals surface area (Å²) in [4.78, 5) is 0. The summed E-state index contributed by atoms with van der Waals surface area (Å²) in [6.45, 7) is 5.71. The molecule has 0 fully saturated rings. The Labute approximate surface area is 128 Å². The highest BCUT2D eigenvalue weighted by atomic mass is 32.1. The van der Waals surface area contributed by atoms with Crippen LogP contribution in [0.2, 0.25) is 0 Å². The molecule has 0 aromatic heterocycles. The van der Waals surface area contributed by atoms with E-state index in [1.54, 1.807) is 13.8 Å². The highest BCUT2D eigenvalue weighted by Gasteiger charge is 2.27. The third-order valence-corrected chi connectivity index (χ3v) is 3.63. The maximum atomic E-state index is 9.29. The predicted molar refractivity (Wildman–Crippen MR) is 84.7 cm³/mol. The fraction of sp³-hybridized carbons (Fsp3) is 0.867. The van der Waals surface area contributed by atoms with Crippen molar-refractivity contribution in [2.24, 2.45) is 10.2 Å². The molecule has 0 radical (unpaired) electrons. The van der Waals surface area contributed by atoms with E-state index in [0.717, 1.165) is 25.0 Å². The third kappa shape index (κ3) is 7.50. The van der Waals surface area contributed by atoms with Gasteiger partial charge in [0.15, 0.2) is 11.1 Å². The molecule has 0 aromatic rings. The summed E-state index contributed by atoms with van der Waals surface area (Å²) >= 11 is 4.15. The van der Waals surface area contributed by atoms with E-state index in [4.69, 9.17) is 0 Å². The molecule has 0 saturated carbocycles. The molecule has 0 bridgehead atoms. The van der Waals surface area contributed by atoms with Crippen molar-refractivity contribution in [3.05, 3.63) is 0 Å². The Morgan fingerprint density at radius 1 is 0.900 bits per heavy atom. The minimum absolute atomic E-state index is 0.619. The molecule has 0 rings (SSSR count). The van der Waals surface area contributed by atoms with Gasteiger partial charge in [0.25, 0.3) is 0 Å². The Morgan fingerprint density at radius 2 is 1.40 bits per heavy atom. The first-order valence-corrected chi connectivity index (χ1v) is 7.96. The normalized spacial score (nSPS) is 17.1. The van der Waals surface area contributed by atoms with E-state index in [2.05, 4.69) is 41.9 Å². The molecule has 0 N–H and O–H groups in total. The number of azo groups is 1.